The van der Waals surface area contributed by atoms with Crippen molar-refractivity contribution in [2.75, 3.05) is 6.54 Å². The Morgan fingerprint density at radius 1 is 0.962 bits per heavy atom. The second-order valence-corrected chi connectivity index (χ2v) is 7.33. The van der Waals surface area contributed by atoms with E-state index in [-0.39, 0.29) is 0 Å². The topological polar surface area (TPSA) is 43.8 Å². The van der Waals surface area contributed by atoms with Crippen LogP contribution in [0.5, 0.6) is 0 Å². The van der Waals surface area contributed by atoms with Crippen molar-refractivity contribution in [1.29, 1.82) is 0 Å². The van der Waals surface area contributed by atoms with Gasteiger partial charge in [0.2, 0.25) is 0 Å². The first-order valence-corrected chi connectivity index (χ1v) is 9.50. The number of nitrogens with two attached hydrogens (primary N) is 1. The first-order valence-electron chi connectivity index (χ1n) is 8.71. The van der Waals surface area contributed by atoms with Crippen molar-refractivity contribution >= 4 is 26.8 Å². The standard InChI is InChI=1S/C22H20BrN3/c23-20-3-1-2-16(12-20)14-26-15-19(6-9-24)21-5-4-18(13-22(21)26)17-7-10-25-11-8-17/h1-5,7-8,10-13,15H,6,9,14,24H2. The number of benzene rings is 2. The monoisotopic (exact) mass is 405 g/mol. The Hall–Kier alpha value is -2.43. The Balaban J connectivity index is 1.82. The largest absolute Gasteiger partial charge is 0.343 e. The van der Waals surface area contributed by atoms with E-state index in [1.807, 2.05) is 24.5 Å². The van der Waals surface area contributed by atoms with Crippen molar-refractivity contribution in [3.05, 3.63) is 88.8 Å². The van der Waals surface area contributed by atoms with Gasteiger partial charge in [-0.05, 0) is 65.6 Å². The highest BCUT2D eigenvalue weighted by atomic mass is 79.9. The lowest BCUT2D eigenvalue weighted by molar-refractivity contribution is 0.827. The van der Waals surface area contributed by atoms with E-state index in [2.05, 4.69) is 74.1 Å². The predicted octanol–water partition coefficient (Wildman–Crippen LogP) is 5.02. The van der Waals surface area contributed by atoms with Gasteiger partial charge in [0.1, 0.15) is 0 Å². The number of pyridine rings is 1. The van der Waals surface area contributed by atoms with Crippen LogP contribution in [-0.4, -0.2) is 16.1 Å². The molecule has 0 unspecified atom stereocenters. The van der Waals surface area contributed by atoms with Crippen LogP contribution in [0, 0.1) is 0 Å². The van der Waals surface area contributed by atoms with Crippen molar-refractivity contribution in [1.82, 2.24) is 9.55 Å². The third-order valence-corrected chi connectivity index (χ3v) is 5.13. The quantitative estimate of drug-likeness (QED) is 0.506. The minimum atomic E-state index is 0.655. The number of aromatic nitrogens is 2. The van der Waals surface area contributed by atoms with Crippen LogP contribution >= 0.6 is 15.9 Å². The molecule has 0 atom stereocenters. The molecule has 2 aromatic heterocycles. The predicted molar refractivity (Wildman–Crippen MR) is 111 cm³/mol. The Kier molecular flexibility index (Phi) is 4.87. The maximum Gasteiger partial charge on any atom is 0.0492 e. The molecule has 0 aliphatic carbocycles. The van der Waals surface area contributed by atoms with Crippen molar-refractivity contribution in [3.63, 3.8) is 0 Å². The van der Waals surface area contributed by atoms with Gasteiger partial charge in [0.15, 0.2) is 0 Å². The normalized spacial score (nSPS) is 11.2. The van der Waals surface area contributed by atoms with Crippen LogP contribution in [0.4, 0.5) is 0 Å². The summed E-state index contributed by atoms with van der Waals surface area (Å²) in [5.74, 6) is 0. The van der Waals surface area contributed by atoms with Gasteiger partial charge in [-0.15, -0.1) is 0 Å². The molecule has 130 valence electrons. The summed E-state index contributed by atoms with van der Waals surface area (Å²) in [7, 11) is 0. The smallest absolute Gasteiger partial charge is 0.0492 e. The fourth-order valence-corrected chi connectivity index (χ4v) is 3.86. The molecule has 0 saturated heterocycles. The summed E-state index contributed by atoms with van der Waals surface area (Å²) in [6.45, 7) is 1.49. The van der Waals surface area contributed by atoms with E-state index in [0.29, 0.717) is 6.54 Å². The number of halogens is 1. The molecule has 0 saturated carbocycles. The van der Waals surface area contributed by atoms with E-state index in [0.717, 1.165) is 17.4 Å². The van der Waals surface area contributed by atoms with Crippen LogP contribution in [-0.2, 0) is 13.0 Å². The Bertz CT molecular complexity index is 1040. The number of rotatable bonds is 5. The molecule has 0 aliphatic rings. The number of fused-ring (bicyclic) bond motifs is 1. The fourth-order valence-electron chi connectivity index (χ4n) is 3.41. The summed E-state index contributed by atoms with van der Waals surface area (Å²) >= 11 is 3.57. The highest BCUT2D eigenvalue weighted by Crippen LogP contribution is 2.28. The van der Waals surface area contributed by atoms with Crippen LogP contribution < -0.4 is 5.73 Å². The molecule has 0 fully saturated rings. The number of hydrogen-bond acceptors (Lipinski definition) is 2. The lowest BCUT2D eigenvalue weighted by Gasteiger charge is -2.08. The van der Waals surface area contributed by atoms with E-state index < -0.39 is 0 Å². The maximum absolute atomic E-state index is 5.83. The molecule has 2 heterocycles. The van der Waals surface area contributed by atoms with Gasteiger partial charge in [-0.1, -0.05) is 40.2 Å². The minimum Gasteiger partial charge on any atom is -0.343 e. The van der Waals surface area contributed by atoms with Crippen LogP contribution in [0.1, 0.15) is 11.1 Å². The van der Waals surface area contributed by atoms with Gasteiger partial charge in [0.25, 0.3) is 0 Å². The van der Waals surface area contributed by atoms with Crippen LogP contribution in [0.3, 0.4) is 0 Å². The van der Waals surface area contributed by atoms with Crippen molar-refractivity contribution in [2.24, 2.45) is 5.73 Å². The van der Waals surface area contributed by atoms with Gasteiger partial charge in [0, 0.05) is 40.5 Å². The van der Waals surface area contributed by atoms with Crippen molar-refractivity contribution < 1.29 is 0 Å². The summed E-state index contributed by atoms with van der Waals surface area (Å²) in [6, 6.07) is 19.2. The number of nitrogens with zero attached hydrogens (tertiary/aromatic N) is 2. The average molecular weight is 406 g/mol. The molecule has 0 aliphatic heterocycles. The average Bonchev–Trinajstić information content (AvgIpc) is 3.00. The molecule has 0 amide bonds. The third-order valence-electron chi connectivity index (χ3n) is 4.63. The highest BCUT2D eigenvalue weighted by Gasteiger charge is 2.10. The zero-order chi connectivity index (χ0) is 17.9. The molecule has 3 nitrogen and oxygen atoms in total. The first kappa shape index (κ1) is 17.0. The minimum absolute atomic E-state index is 0.655. The molecular weight excluding hydrogens is 386 g/mol. The van der Waals surface area contributed by atoms with Gasteiger partial charge in [-0.25, -0.2) is 0 Å². The molecule has 2 N–H and O–H groups in total. The van der Waals surface area contributed by atoms with E-state index in [1.54, 1.807) is 0 Å². The van der Waals surface area contributed by atoms with Crippen molar-refractivity contribution in [2.45, 2.75) is 13.0 Å². The second kappa shape index (κ2) is 7.44. The molecular formula is C22H20BrN3. The van der Waals surface area contributed by atoms with E-state index in [4.69, 9.17) is 5.73 Å². The van der Waals surface area contributed by atoms with Crippen LogP contribution in [0.25, 0.3) is 22.0 Å². The molecule has 2 aromatic carbocycles. The molecule has 4 heteroatoms. The second-order valence-electron chi connectivity index (χ2n) is 6.42. The van der Waals surface area contributed by atoms with Gasteiger partial charge in [-0.3, -0.25) is 4.98 Å². The molecule has 0 bridgehead atoms. The van der Waals surface area contributed by atoms with E-state index in [9.17, 15) is 0 Å². The third kappa shape index (κ3) is 3.43. The van der Waals surface area contributed by atoms with Gasteiger partial charge < -0.3 is 10.3 Å². The van der Waals surface area contributed by atoms with Crippen LogP contribution in [0.2, 0.25) is 0 Å². The van der Waals surface area contributed by atoms with Gasteiger partial charge in [-0.2, -0.15) is 0 Å². The van der Waals surface area contributed by atoms with Gasteiger partial charge >= 0.3 is 0 Å². The molecule has 0 spiro atoms. The Morgan fingerprint density at radius 2 is 1.81 bits per heavy atom. The molecule has 4 aromatic rings. The molecule has 0 radical (unpaired) electrons. The Morgan fingerprint density at radius 3 is 2.58 bits per heavy atom. The summed E-state index contributed by atoms with van der Waals surface area (Å²) in [5, 5.41) is 1.28. The van der Waals surface area contributed by atoms with Crippen LogP contribution in [0.15, 0.2) is 77.7 Å². The van der Waals surface area contributed by atoms with Crippen molar-refractivity contribution in [3.8, 4) is 11.1 Å². The molecule has 4 rings (SSSR count). The fraction of sp³-hybridized carbons (Fsp3) is 0.136. The maximum atomic E-state index is 5.83. The molecule has 26 heavy (non-hydrogen) atoms. The van der Waals surface area contributed by atoms with Gasteiger partial charge in [0.05, 0.1) is 0 Å². The zero-order valence-electron chi connectivity index (χ0n) is 14.4. The summed E-state index contributed by atoms with van der Waals surface area (Å²) in [6.07, 6.45) is 6.80. The number of hydrogen-bond donors (Lipinski definition) is 1. The summed E-state index contributed by atoms with van der Waals surface area (Å²) in [4.78, 5) is 4.12. The Labute approximate surface area is 161 Å². The highest BCUT2D eigenvalue weighted by molar-refractivity contribution is 9.10. The lowest BCUT2D eigenvalue weighted by Crippen LogP contribution is -2.02. The SMILES string of the molecule is NCCc1cn(Cc2cccc(Br)c2)c2cc(-c3ccncc3)ccc12. The lowest BCUT2D eigenvalue weighted by atomic mass is 10.0. The summed E-state index contributed by atoms with van der Waals surface area (Å²) < 4.78 is 3.43. The van der Waals surface area contributed by atoms with E-state index >= 15 is 0 Å². The first-order chi connectivity index (χ1) is 12.7. The zero-order valence-corrected chi connectivity index (χ0v) is 16.0. The van der Waals surface area contributed by atoms with E-state index in [1.165, 1.54) is 33.2 Å². The summed E-state index contributed by atoms with van der Waals surface area (Å²) in [5.41, 5.74) is 12.0.